The van der Waals surface area contributed by atoms with Gasteiger partial charge in [0, 0.05) is 5.02 Å². The van der Waals surface area contributed by atoms with E-state index >= 15 is 0 Å². The molecule has 0 bridgehead atoms. The molecular weight excluding hydrogens is 491 g/mol. The van der Waals surface area contributed by atoms with Crippen molar-refractivity contribution >= 4 is 52.1 Å². The van der Waals surface area contributed by atoms with Crippen LogP contribution in [0.15, 0.2) is 77.9 Å². The van der Waals surface area contributed by atoms with Gasteiger partial charge < -0.3 is 14.6 Å². The Hall–Kier alpha value is -4.07. The molecule has 4 aromatic carbocycles. The number of amides is 1. The van der Waals surface area contributed by atoms with Gasteiger partial charge in [0.2, 0.25) is 0 Å². The van der Waals surface area contributed by atoms with E-state index in [2.05, 4.69) is 10.5 Å². The van der Waals surface area contributed by atoms with Crippen LogP contribution in [0.1, 0.15) is 26.3 Å². The number of nitrogens with zero attached hydrogens (tertiary/aromatic N) is 1. The second-order valence-electron chi connectivity index (χ2n) is 7.34. The Bertz CT molecular complexity index is 1470. The highest BCUT2D eigenvalue weighted by Crippen LogP contribution is 2.30. The smallest absolute Gasteiger partial charge is 0.345 e. The zero-order valence-corrected chi connectivity index (χ0v) is 19.8. The third-order valence-electron chi connectivity index (χ3n) is 5.03. The highest BCUT2D eigenvalue weighted by atomic mass is 35.5. The van der Waals surface area contributed by atoms with Gasteiger partial charge in [-0.3, -0.25) is 4.79 Å². The summed E-state index contributed by atoms with van der Waals surface area (Å²) in [5.41, 5.74) is 3.21. The number of phenolic OH excluding ortho intramolecular Hbond substituents is 1. The maximum atomic E-state index is 12.5. The Kier molecular flexibility index (Phi) is 7.19. The molecule has 0 aliphatic heterocycles. The molecule has 0 unspecified atom stereocenters. The van der Waals surface area contributed by atoms with E-state index in [-0.39, 0.29) is 33.4 Å². The maximum Gasteiger partial charge on any atom is 0.345 e. The van der Waals surface area contributed by atoms with E-state index in [1.807, 2.05) is 24.3 Å². The lowest BCUT2D eigenvalue weighted by molar-refractivity contribution is 0.0729. The van der Waals surface area contributed by atoms with Crippen LogP contribution < -0.4 is 14.9 Å². The molecule has 35 heavy (non-hydrogen) atoms. The zero-order valence-electron chi connectivity index (χ0n) is 18.3. The third-order valence-corrected chi connectivity index (χ3v) is 5.58. The van der Waals surface area contributed by atoms with Crippen LogP contribution in [0.5, 0.6) is 17.2 Å². The van der Waals surface area contributed by atoms with Crippen LogP contribution in [0.2, 0.25) is 10.0 Å². The van der Waals surface area contributed by atoms with E-state index in [0.29, 0.717) is 10.6 Å². The molecule has 4 rings (SSSR count). The Labute approximate surface area is 210 Å². The predicted octanol–water partition coefficient (Wildman–Crippen LogP) is 5.84. The van der Waals surface area contributed by atoms with Gasteiger partial charge in [0.25, 0.3) is 5.91 Å². The number of ether oxygens (including phenoxy) is 2. The van der Waals surface area contributed by atoms with Gasteiger partial charge in [-0.2, -0.15) is 5.10 Å². The molecule has 0 radical (unpaired) electrons. The van der Waals surface area contributed by atoms with Gasteiger partial charge in [-0.15, -0.1) is 0 Å². The number of hydrogen-bond acceptors (Lipinski definition) is 6. The number of benzene rings is 4. The quantitative estimate of drug-likeness (QED) is 0.147. The molecule has 2 N–H and O–H groups in total. The Morgan fingerprint density at radius 2 is 1.66 bits per heavy atom. The average molecular weight is 509 g/mol. The maximum absolute atomic E-state index is 12.5. The molecule has 176 valence electrons. The number of aromatic hydroxyl groups is 1. The number of carbonyl (C=O) groups excluding carboxylic acids is 2. The number of hydrogen-bond donors (Lipinski definition) is 2. The molecule has 0 aromatic heterocycles. The van der Waals surface area contributed by atoms with Gasteiger partial charge in [0.05, 0.1) is 29.5 Å². The average Bonchev–Trinajstić information content (AvgIpc) is 2.84. The van der Waals surface area contributed by atoms with Crippen molar-refractivity contribution in [2.75, 3.05) is 7.11 Å². The minimum atomic E-state index is -0.672. The molecular formula is C26H18Cl2N2O5. The molecule has 1 amide bonds. The number of phenols is 1. The van der Waals surface area contributed by atoms with Gasteiger partial charge in [0.1, 0.15) is 5.75 Å². The topological polar surface area (TPSA) is 97.2 Å². The third kappa shape index (κ3) is 5.54. The van der Waals surface area contributed by atoms with E-state index in [0.717, 1.165) is 10.8 Å². The number of fused-ring (bicyclic) bond motifs is 1. The summed E-state index contributed by atoms with van der Waals surface area (Å²) in [4.78, 5) is 25.0. The first-order valence-electron chi connectivity index (χ1n) is 10.3. The Morgan fingerprint density at radius 1 is 0.914 bits per heavy atom. The van der Waals surface area contributed by atoms with E-state index in [1.54, 1.807) is 18.2 Å². The minimum Gasteiger partial charge on any atom is -0.507 e. The lowest BCUT2D eigenvalue weighted by Gasteiger charge is -2.11. The molecule has 0 atom stereocenters. The largest absolute Gasteiger partial charge is 0.507 e. The molecule has 4 aromatic rings. The fourth-order valence-corrected chi connectivity index (χ4v) is 3.78. The molecule has 0 aliphatic carbocycles. The first kappa shape index (κ1) is 24.1. The summed E-state index contributed by atoms with van der Waals surface area (Å²) in [6, 6.07) is 19.7. The summed E-state index contributed by atoms with van der Waals surface area (Å²) in [5.74, 6) is -0.947. The number of methoxy groups -OCH3 is 1. The van der Waals surface area contributed by atoms with Crippen molar-refractivity contribution < 1.29 is 24.2 Å². The van der Waals surface area contributed by atoms with Crippen molar-refractivity contribution in [1.82, 2.24) is 5.43 Å². The summed E-state index contributed by atoms with van der Waals surface area (Å²) < 4.78 is 10.7. The van der Waals surface area contributed by atoms with Crippen LogP contribution in [0, 0.1) is 0 Å². The SMILES string of the molecule is COc1cc(C=NNC(=O)c2cc3ccccc3cc2O)ccc1OC(=O)c1ccc(Cl)cc1Cl. The highest BCUT2D eigenvalue weighted by Gasteiger charge is 2.16. The van der Waals surface area contributed by atoms with Gasteiger partial charge in [-0.25, -0.2) is 10.2 Å². The molecule has 0 saturated heterocycles. The van der Waals surface area contributed by atoms with Crippen molar-refractivity contribution in [2.45, 2.75) is 0 Å². The summed E-state index contributed by atoms with van der Waals surface area (Å²) in [5, 5.41) is 16.3. The Morgan fingerprint density at radius 3 is 2.37 bits per heavy atom. The first-order valence-corrected chi connectivity index (χ1v) is 11.0. The zero-order chi connectivity index (χ0) is 24.9. The van der Waals surface area contributed by atoms with Crippen LogP contribution in [0.25, 0.3) is 10.8 Å². The molecule has 0 heterocycles. The van der Waals surface area contributed by atoms with Crippen LogP contribution in [0.3, 0.4) is 0 Å². The lowest BCUT2D eigenvalue weighted by atomic mass is 10.1. The summed E-state index contributed by atoms with van der Waals surface area (Å²) in [7, 11) is 1.42. The summed E-state index contributed by atoms with van der Waals surface area (Å²) >= 11 is 11.9. The van der Waals surface area contributed by atoms with Crippen molar-refractivity contribution in [3.8, 4) is 17.2 Å². The van der Waals surface area contributed by atoms with E-state index < -0.39 is 11.9 Å². The fraction of sp³-hybridized carbons (Fsp3) is 0.0385. The predicted molar refractivity (Wildman–Crippen MR) is 135 cm³/mol. The molecule has 9 heteroatoms. The van der Waals surface area contributed by atoms with Gasteiger partial charge in [-0.05, 0) is 64.9 Å². The second-order valence-corrected chi connectivity index (χ2v) is 8.18. The van der Waals surface area contributed by atoms with E-state index in [1.165, 1.54) is 43.7 Å². The lowest BCUT2D eigenvalue weighted by Crippen LogP contribution is -2.17. The molecule has 7 nitrogen and oxygen atoms in total. The minimum absolute atomic E-state index is 0.0987. The van der Waals surface area contributed by atoms with Gasteiger partial charge in [-0.1, -0.05) is 47.5 Å². The van der Waals surface area contributed by atoms with Crippen LogP contribution in [-0.4, -0.2) is 30.3 Å². The number of esters is 1. The Balaban J connectivity index is 1.46. The van der Waals surface area contributed by atoms with Crippen molar-refractivity contribution in [2.24, 2.45) is 5.10 Å². The van der Waals surface area contributed by atoms with Gasteiger partial charge in [0.15, 0.2) is 11.5 Å². The van der Waals surface area contributed by atoms with Crippen molar-refractivity contribution in [1.29, 1.82) is 0 Å². The molecule has 0 fully saturated rings. The standard InChI is InChI=1S/C26H18Cl2N2O5/c1-34-24-10-15(6-9-23(24)35-26(33)19-8-7-18(27)13-21(19)28)14-29-30-25(32)20-11-16-4-2-3-5-17(16)12-22(20)31/h2-14,31H,1H3,(H,30,32). The number of hydrazone groups is 1. The van der Waals surface area contributed by atoms with Gasteiger partial charge >= 0.3 is 5.97 Å². The second kappa shape index (κ2) is 10.5. The van der Waals surface area contributed by atoms with E-state index in [4.69, 9.17) is 32.7 Å². The van der Waals surface area contributed by atoms with Crippen LogP contribution >= 0.6 is 23.2 Å². The summed E-state index contributed by atoms with van der Waals surface area (Å²) in [6.07, 6.45) is 1.39. The van der Waals surface area contributed by atoms with Crippen molar-refractivity contribution in [3.05, 3.63) is 99.5 Å². The van der Waals surface area contributed by atoms with E-state index in [9.17, 15) is 14.7 Å². The molecule has 0 aliphatic rings. The number of halogens is 2. The summed E-state index contributed by atoms with van der Waals surface area (Å²) in [6.45, 7) is 0. The highest BCUT2D eigenvalue weighted by molar-refractivity contribution is 6.36. The van der Waals surface area contributed by atoms with Crippen LogP contribution in [-0.2, 0) is 0 Å². The molecule has 0 spiro atoms. The number of rotatable bonds is 6. The van der Waals surface area contributed by atoms with Crippen LogP contribution in [0.4, 0.5) is 0 Å². The molecule has 0 saturated carbocycles. The fourth-order valence-electron chi connectivity index (χ4n) is 3.29. The monoisotopic (exact) mass is 508 g/mol. The number of nitrogens with one attached hydrogen (secondary N) is 1. The first-order chi connectivity index (χ1) is 16.9. The normalized spacial score (nSPS) is 10.9. The number of carbonyl (C=O) groups is 2. The van der Waals surface area contributed by atoms with Crippen molar-refractivity contribution in [3.63, 3.8) is 0 Å².